The first-order valence-electron chi connectivity index (χ1n) is 16.2. The second-order valence-electron chi connectivity index (χ2n) is 12.8. The van der Waals surface area contributed by atoms with Gasteiger partial charge in [0.2, 0.25) is 0 Å². The van der Waals surface area contributed by atoms with Crippen LogP contribution in [0.15, 0.2) is 36.4 Å². The van der Waals surface area contributed by atoms with E-state index in [4.69, 9.17) is 4.74 Å². The normalized spacial score (nSPS) is 21.9. The summed E-state index contributed by atoms with van der Waals surface area (Å²) in [5, 5.41) is -0.400. The van der Waals surface area contributed by atoms with Gasteiger partial charge in [-0.2, -0.15) is 13.2 Å². The molecule has 2 aliphatic carbocycles. The molecule has 0 radical (unpaired) electrons. The summed E-state index contributed by atoms with van der Waals surface area (Å²) in [6.07, 6.45) is 8.56. The van der Waals surface area contributed by atoms with E-state index in [1.807, 2.05) is 0 Å². The van der Waals surface area contributed by atoms with E-state index in [0.29, 0.717) is 24.7 Å². The van der Waals surface area contributed by atoms with E-state index < -0.39 is 46.5 Å². The van der Waals surface area contributed by atoms with Crippen molar-refractivity contribution in [1.29, 1.82) is 0 Å². The van der Waals surface area contributed by atoms with Gasteiger partial charge in [0.15, 0.2) is 0 Å². The van der Waals surface area contributed by atoms with Crippen LogP contribution in [0.1, 0.15) is 89.5 Å². The highest BCUT2D eigenvalue weighted by Gasteiger charge is 2.34. The summed E-state index contributed by atoms with van der Waals surface area (Å²) in [5.74, 6) is -1.48. The predicted octanol–water partition coefficient (Wildman–Crippen LogP) is 11.1. The van der Waals surface area contributed by atoms with Gasteiger partial charge in [0.05, 0.1) is 17.0 Å². The molecule has 0 amide bonds. The number of halogens is 7. The van der Waals surface area contributed by atoms with Gasteiger partial charge in [-0.3, -0.25) is 4.79 Å². The molecule has 46 heavy (non-hydrogen) atoms. The molecular weight excluding hydrogens is 609 g/mol. The largest absolute Gasteiger partial charge is 0.458 e. The molecule has 0 aliphatic heterocycles. The first-order valence-corrected chi connectivity index (χ1v) is 16.2. The summed E-state index contributed by atoms with van der Waals surface area (Å²) in [6, 6.07) is 5.90. The number of unbranched alkanes of at least 4 members (excludes halogenated alkanes) is 2. The highest BCUT2D eigenvalue weighted by atomic mass is 19.4. The number of benzene rings is 3. The smallest absolute Gasteiger partial charge is 0.426 e. The maximum absolute atomic E-state index is 15.2. The molecule has 2 saturated carbocycles. The lowest BCUT2D eigenvalue weighted by atomic mass is 9.68. The molecule has 9 heteroatoms. The third-order valence-corrected chi connectivity index (χ3v) is 9.76. The number of carbonyl (C=O) groups excluding carboxylic acids is 1. The van der Waals surface area contributed by atoms with Crippen LogP contribution in [-0.4, -0.2) is 12.1 Å². The van der Waals surface area contributed by atoms with E-state index in [0.717, 1.165) is 61.1 Å². The molecule has 2 fully saturated rings. The molecule has 0 saturated heterocycles. The molecule has 5 rings (SSSR count). The fourth-order valence-corrected chi connectivity index (χ4v) is 7.28. The molecule has 0 atom stereocenters. The number of carbonyl (C=O) groups is 1. The summed E-state index contributed by atoms with van der Waals surface area (Å²) in [7, 11) is 0. The highest BCUT2D eigenvalue weighted by molar-refractivity contribution is 5.89. The Bertz CT molecular complexity index is 1600. The van der Waals surface area contributed by atoms with Crippen LogP contribution in [0.25, 0.3) is 21.9 Å². The van der Waals surface area contributed by atoms with E-state index in [1.54, 1.807) is 0 Å². The van der Waals surface area contributed by atoms with Crippen molar-refractivity contribution in [2.45, 2.75) is 90.1 Å². The molecule has 2 nitrogen and oxygen atoms in total. The molecule has 0 aromatic heterocycles. The minimum atomic E-state index is -4.95. The molecule has 246 valence electrons. The van der Waals surface area contributed by atoms with Crippen LogP contribution in [0, 0.1) is 58.8 Å². The van der Waals surface area contributed by atoms with Crippen LogP contribution >= 0.6 is 0 Å². The van der Waals surface area contributed by atoms with Crippen molar-refractivity contribution in [2.24, 2.45) is 23.7 Å². The molecule has 3 aromatic carbocycles. The average molecular weight is 647 g/mol. The second-order valence-corrected chi connectivity index (χ2v) is 12.8. The zero-order valence-corrected chi connectivity index (χ0v) is 25.7. The molecule has 0 N–H and O–H groups in total. The quantitative estimate of drug-likeness (QED) is 0.0800. The molecule has 0 spiro atoms. The lowest BCUT2D eigenvalue weighted by molar-refractivity contribution is -0.140. The number of rotatable bonds is 8. The van der Waals surface area contributed by atoms with Crippen molar-refractivity contribution in [2.75, 3.05) is 0 Å². The van der Waals surface area contributed by atoms with Crippen LogP contribution in [0.4, 0.5) is 30.7 Å². The van der Waals surface area contributed by atoms with Crippen LogP contribution in [0.3, 0.4) is 0 Å². The Balaban J connectivity index is 1.21. The maximum Gasteiger partial charge on any atom is 0.458 e. The zero-order chi connectivity index (χ0) is 33.0. The minimum absolute atomic E-state index is 0.0679. The van der Waals surface area contributed by atoms with Crippen molar-refractivity contribution < 1.29 is 40.3 Å². The van der Waals surface area contributed by atoms with Crippen LogP contribution < -0.4 is 4.74 Å². The third-order valence-electron chi connectivity index (χ3n) is 9.76. The lowest BCUT2D eigenvalue weighted by Gasteiger charge is -2.37. The number of hydrogen-bond donors (Lipinski definition) is 0. The van der Waals surface area contributed by atoms with Crippen LogP contribution in [0.5, 0.6) is 5.75 Å². The summed E-state index contributed by atoms with van der Waals surface area (Å²) in [4.78, 5) is 12.9. The van der Waals surface area contributed by atoms with Crippen LogP contribution in [0.2, 0.25) is 0 Å². The Kier molecular flexibility index (Phi) is 10.6. The molecule has 0 unspecified atom stereocenters. The Morgan fingerprint density at radius 1 is 0.826 bits per heavy atom. The first kappa shape index (κ1) is 33.8. The number of ether oxygens (including phenoxy) is 1. The molecule has 3 aromatic rings. The van der Waals surface area contributed by atoms with E-state index >= 15 is 8.78 Å². The van der Waals surface area contributed by atoms with Gasteiger partial charge in [-0.15, -0.1) is 0 Å². The van der Waals surface area contributed by atoms with Gasteiger partial charge < -0.3 is 4.74 Å². The van der Waals surface area contributed by atoms with Gasteiger partial charge in [-0.25, -0.2) is 17.6 Å². The number of fused-ring (bicyclic) bond motifs is 1. The van der Waals surface area contributed by atoms with E-state index in [2.05, 4.69) is 6.92 Å². The highest BCUT2D eigenvalue weighted by Crippen LogP contribution is 2.43. The van der Waals surface area contributed by atoms with E-state index in [1.165, 1.54) is 57.3 Å². The van der Waals surface area contributed by atoms with Gasteiger partial charge in [-0.1, -0.05) is 63.5 Å². The van der Waals surface area contributed by atoms with Crippen molar-refractivity contribution in [3.8, 4) is 28.7 Å². The fraction of sp³-hybridized carbons (Fsp3) is 0.486. The van der Waals surface area contributed by atoms with Gasteiger partial charge in [0.25, 0.3) is 0 Å². The van der Waals surface area contributed by atoms with E-state index in [9.17, 15) is 26.7 Å². The zero-order valence-electron chi connectivity index (χ0n) is 25.7. The molecule has 0 bridgehead atoms. The molecular formula is C37H37F7O2. The summed E-state index contributed by atoms with van der Waals surface area (Å²) in [6.45, 7) is 2.23. The average Bonchev–Trinajstić information content (AvgIpc) is 3.00. The van der Waals surface area contributed by atoms with Crippen molar-refractivity contribution in [3.63, 3.8) is 0 Å². The monoisotopic (exact) mass is 646 g/mol. The predicted molar refractivity (Wildman–Crippen MR) is 163 cm³/mol. The Hall–Kier alpha value is -3.54. The second kappa shape index (κ2) is 14.5. The number of alkyl halides is 3. The summed E-state index contributed by atoms with van der Waals surface area (Å²) in [5.41, 5.74) is -1.64. The van der Waals surface area contributed by atoms with Crippen LogP contribution in [-0.2, 0) is 4.79 Å². The standard InChI is InChI=1S/C37H37F7O2/c1-2-3-4-5-22-6-8-23(9-7-22)24-10-12-25(13-11-24)36(45)46-28-20-32(39)34(33(40)21-28)26-14-15-29-27(18-26)19-31(38)30(35(29)41)16-17-37(42,43)44/h14-15,18-25H,2-13H2,1H3. The number of esters is 1. The lowest BCUT2D eigenvalue weighted by Crippen LogP contribution is -2.30. The topological polar surface area (TPSA) is 26.3 Å². The van der Waals surface area contributed by atoms with Crippen molar-refractivity contribution in [1.82, 2.24) is 0 Å². The molecule has 2 aliphatic rings. The van der Waals surface area contributed by atoms with Gasteiger partial charge in [-0.05, 0) is 79.4 Å². The SMILES string of the molecule is CCCCCC1CCC(C2CCC(C(=O)Oc3cc(F)c(-c4ccc5c(F)c(C#CC(F)(F)F)c(F)cc5c4)c(F)c3)CC2)CC1. The third kappa shape index (κ3) is 8.05. The van der Waals surface area contributed by atoms with Crippen molar-refractivity contribution >= 4 is 16.7 Å². The van der Waals surface area contributed by atoms with Gasteiger partial charge >= 0.3 is 12.1 Å². The number of hydrogen-bond acceptors (Lipinski definition) is 2. The molecule has 0 heterocycles. The van der Waals surface area contributed by atoms with Gasteiger partial charge in [0, 0.05) is 23.4 Å². The van der Waals surface area contributed by atoms with E-state index in [-0.39, 0.29) is 28.0 Å². The minimum Gasteiger partial charge on any atom is -0.426 e. The Morgan fingerprint density at radius 3 is 2.07 bits per heavy atom. The fourth-order valence-electron chi connectivity index (χ4n) is 7.28. The van der Waals surface area contributed by atoms with Gasteiger partial charge in [0.1, 0.15) is 29.0 Å². The summed E-state index contributed by atoms with van der Waals surface area (Å²) >= 11 is 0. The maximum atomic E-state index is 15.2. The Morgan fingerprint density at radius 2 is 1.46 bits per heavy atom. The Labute approximate surface area is 264 Å². The first-order chi connectivity index (χ1) is 21.9. The van der Waals surface area contributed by atoms with Crippen molar-refractivity contribution in [3.05, 3.63) is 65.2 Å². The summed E-state index contributed by atoms with van der Waals surface area (Å²) < 4.78 is 102.